The Balaban J connectivity index is 1.95. The second kappa shape index (κ2) is 6.71. The van der Waals surface area contributed by atoms with Crippen LogP contribution >= 0.6 is 0 Å². The standard InChI is InChI=1S/C18H18N2O8/c1-18(2,3)27-17(26)20-16(25)13(11(28-20)8-12(21)22)19-14(23)9-6-4-5-7-10(9)15(19)24/h4-7,11,13H,8H2,1-3H3,(H,21,22)/t11-,13-/m0/s1. The number of hydrogen-bond acceptors (Lipinski definition) is 7. The summed E-state index contributed by atoms with van der Waals surface area (Å²) in [6, 6.07) is 4.36. The molecule has 0 unspecified atom stereocenters. The van der Waals surface area contributed by atoms with Gasteiger partial charge in [-0.05, 0) is 32.9 Å². The SMILES string of the molecule is CC(C)(C)OC(=O)N1O[C@@H](CC(=O)O)[C@H](N2C(=O)c3ccccc3C2=O)C1=O. The van der Waals surface area contributed by atoms with Crippen molar-refractivity contribution in [2.24, 2.45) is 0 Å². The van der Waals surface area contributed by atoms with Crippen LogP contribution in [0.25, 0.3) is 0 Å². The van der Waals surface area contributed by atoms with Gasteiger partial charge in [0.1, 0.15) is 11.7 Å². The first kappa shape index (κ1) is 19.5. The Labute approximate surface area is 159 Å². The van der Waals surface area contributed by atoms with E-state index in [-0.39, 0.29) is 16.2 Å². The first-order valence-corrected chi connectivity index (χ1v) is 8.43. The number of carbonyl (C=O) groups excluding carboxylic acids is 4. The predicted octanol–water partition coefficient (Wildman–Crippen LogP) is 1.20. The number of aliphatic carboxylic acids is 1. The fourth-order valence-corrected chi connectivity index (χ4v) is 3.02. The van der Waals surface area contributed by atoms with Gasteiger partial charge in [-0.2, -0.15) is 0 Å². The molecule has 0 aromatic heterocycles. The highest BCUT2D eigenvalue weighted by Gasteiger charge is 2.55. The number of rotatable bonds is 3. The van der Waals surface area contributed by atoms with E-state index in [2.05, 4.69) is 0 Å². The Hall–Kier alpha value is -3.27. The van der Waals surface area contributed by atoms with Gasteiger partial charge in [-0.3, -0.25) is 28.9 Å². The van der Waals surface area contributed by atoms with Gasteiger partial charge in [0.25, 0.3) is 17.7 Å². The third-order valence-electron chi connectivity index (χ3n) is 4.08. The molecule has 148 valence electrons. The van der Waals surface area contributed by atoms with Crippen molar-refractivity contribution in [1.82, 2.24) is 9.96 Å². The molecule has 1 aromatic rings. The van der Waals surface area contributed by atoms with Crippen LogP contribution in [0.5, 0.6) is 0 Å². The normalized spacial score (nSPS) is 21.9. The number of benzene rings is 1. The van der Waals surface area contributed by atoms with Crippen LogP contribution in [0.15, 0.2) is 24.3 Å². The fraction of sp³-hybridized carbons (Fsp3) is 0.389. The van der Waals surface area contributed by atoms with Gasteiger partial charge >= 0.3 is 12.1 Å². The van der Waals surface area contributed by atoms with Crippen LogP contribution in [0, 0.1) is 0 Å². The number of carboxylic acids is 1. The number of fused-ring (bicyclic) bond motifs is 1. The Morgan fingerprint density at radius 3 is 2.11 bits per heavy atom. The lowest BCUT2D eigenvalue weighted by atomic mass is 10.1. The molecule has 1 saturated heterocycles. The topological polar surface area (TPSA) is 131 Å². The highest BCUT2D eigenvalue weighted by Crippen LogP contribution is 2.32. The van der Waals surface area contributed by atoms with Gasteiger partial charge in [0, 0.05) is 0 Å². The lowest BCUT2D eigenvalue weighted by molar-refractivity contribution is -0.169. The molecule has 10 heteroatoms. The van der Waals surface area contributed by atoms with Crippen LogP contribution in [0.4, 0.5) is 4.79 Å². The maximum absolute atomic E-state index is 12.8. The van der Waals surface area contributed by atoms with E-state index in [1.165, 1.54) is 12.1 Å². The summed E-state index contributed by atoms with van der Waals surface area (Å²) in [5.41, 5.74) is -0.772. The van der Waals surface area contributed by atoms with Gasteiger partial charge in [-0.25, -0.2) is 4.79 Å². The van der Waals surface area contributed by atoms with Gasteiger partial charge in [0.2, 0.25) is 0 Å². The molecule has 0 saturated carbocycles. The first-order chi connectivity index (χ1) is 13.0. The van der Waals surface area contributed by atoms with Gasteiger partial charge in [0.15, 0.2) is 6.04 Å². The molecule has 2 aliphatic rings. The van der Waals surface area contributed by atoms with Crippen LogP contribution in [0.1, 0.15) is 47.9 Å². The molecule has 1 aromatic carbocycles. The number of imide groups is 2. The number of carboxylic acid groups (broad SMARTS) is 1. The number of amides is 4. The minimum atomic E-state index is -1.60. The number of hydroxylamine groups is 2. The molecule has 1 N–H and O–H groups in total. The van der Waals surface area contributed by atoms with Crippen molar-refractivity contribution in [2.45, 2.75) is 44.9 Å². The highest BCUT2D eigenvalue weighted by molar-refractivity contribution is 6.23. The van der Waals surface area contributed by atoms with Gasteiger partial charge in [-0.1, -0.05) is 12.1 Å². The summed E-state index contributed by atoms with van der Waals surface area (Å²) in [6.45, 7) is 4.71. The maximum atomic E-state index is 12.8. The first-order valence-electron chi connectivity index (χ1n) is 8.43. The molecule has 28 heavy (non-hydrogen) atoms. The lowest BCUT2D eigenvalue weighted by Crippen LogP contribution is -2.50. The minimum Gasteiger partial charge on any atom is -0.481 e. The molecular weight excluding hydrogens is 372 g/mol. The zero-order valence-corrected chi connectivity index (χ0v) is 15.4. The summed E-state index contributed by atoms with van der Waals surface area (Å²) in [5, 5.41) is 9.39. The molecule has 4 amide bonds. The van der Waals surface area contributed by atoms with E-state index >= 15 is 0 Å². The quantitative estimate of drug-likeness (QED) is 0.762. The minimum absolute atomic E-state index is 0.0880. The van der Waals surface area contributed by atoms with Crippen molar-refractivity contribution in [3.63, 3.8) is 0 Å². The summed E-state index contributed by atoms with van der Waals surface area (Å²) in [5.74, 6) is -3.89. The molecule has 1 fully saturated rings. The molecule has 10 nitrogen and oxygen atoms in total. The molecule has 2 heterocycles. The van der Waals surface area contributed by atoms with E-state index in [1.807, 2.05) is 0 Å². The Morgan fingerprint density at radius 2 is 1.64 bits per heavy atom. The van der Waals surface area contributed by atoms with Crippen LogP contribution in [0.2, 0.25) is 0 Å². The van der Waals surface area contributed by atoms with Crippen LogP contribution in [-0.2, 0) is 19.2 Å². The average molecular weight is 390 g/mol. The number of nitrogens with zero attached hydrogens (tertiary/aromatic N) is 2. The third-order valence-corrected chi connectivity index (χ3v) is 4.08. The van der Waals surface area contributed by atoms with Crippen molar-refractivity contribution in [3.8, 4) is 0 Å². The fourth-order valence-electron chi connectivity index (χ4n) is 3.02. The van der Waals surface area contributed by atoms with Gasteiger partial charge in [-0.15, -0.1) is 5.06 Å². The Morgan fingerprint density at radius 1 is 1.11 bits per heavy atom. The summed E-state index contributed by atoms with van der Waals surface area (Å²) in [7, 11) is 0. The van der Waals surface area contributed by atoms with E-state index in [4.69, 9.17) is 14.7 Å². The molecule has 2 aliphatic heterocycles. The van der Waals surface area contributed by atoms with Crippen LogP contribution in [0.3, 0.4) is 0 Å². The van der Waals surface area contributed by atoms with Crippen molar-refractivity contribution >= 4 is 29.8 Å². The maximum Gasteiger partial charge on any atom is 0.442 e. The van der Waals surface area contributed by atoms with Crippen molar-refractivity contribution in [1.29, 1.82) is 0 Å². The largest absolute Gasteiger partial charge is 0.481 e. The van der Waals surface area contributed by atoms with E-state index < -0.39 is 54.0 Å². The molecule has 2 atom stereocenters. The molecule has 0 spiro atoms. The highest BCUT2D eigenvalue weighted by atomic mass is 16.8. The zero-order valence-electron chi connectivity index (χ0n) is 15.4. The van der Waals surface area contributed by atoms with Crippen LogP contribution < -0.4 is 0 Å². The summed E-state index contributed by atoms with van der Waals surface area (Å²) in [4.78, 5) is 67.5. The molecule has 0 aliphatic carbocycles. The van der Waals surface area contributed by atoms with Gasteiger partial charge < -0.3 is 9.84 Å². The van der Waals surface area contributed by atoms with E-state index in [0.29, 0.717) is 4.90 Å². The van der Waals surface area contributed by atoms with E-state index in [1.54, 1.807) is 32.9 Å². The summed E-state index contributed by atoms with van der Waals surface area (Å²) in [6.07, 6.45) is -3.30. The lowest BCUT2D eigenvalue weighted by Gasteiger charge is -2.23. The second-order valence-electron chi connectivity index (χ2n) is 7.33. The van der Waals surface area contributed by atoms with Crippen molar-refractivity contribution < 1.29 is 38.7 Å². The second-order valence-corrected chi connectivity index (χ2v) is 7.33. The monoisotopic (exact) mass is 390 g/mol. The average Bonchev–Trinajstić information content (AvgIpc) is 3.01. The van der Waals surface area contributed by atoms with Crippen LogP contribution in [-0.4, -0.2) is 62.6 Å². The Bertz CT molecular complexity index is 853. The third kappa shape index (κ3) is 3.33. The predicted molar refractivity (Wildman–Crippen MR) is 90.9 cm³/mol. The molecule has 3 rings (SSSR count). The summed E-state index contributed by atoms with van der Waals surface area (Å²) < 4.78 is 5.08. The van der Waals surface area contributed by atoms with Crippen molar-refractivity contribution in [2.75, 3.05) is 0 Å². The van der Waals surface area contributed by atoms with Gasteiger partial charge in [0.05, 0.1) is 17.5 Å². The smallest absolute Gasteiger partial charge is 0.442 e. The summed E-state index contributed by atoms with van der Waals surface area (Å²) >= 11 is 0. The van der Waals surface area contributed by atoms with E-state index in [0.717, 1.165) is 0 Å². The molecule has 0 bridgehead atoms. The Kier molecular flexibility index (Phi) is 4.67. The number of carbonyl (C=O) groups is 5. The zero-order chi connectivity index (χ0) is 20.8. The van der Waals surface area contributed by atoms with E-state index in [9.17, 15) is 24.0 Å². The molecular formula is C18H18N2O8. The number of hydrogen-bond donors (Lipinski definition) is 1. The van der Waals surface area contributed by atoms with Crippen molar-refractivity contribution in [3.05, 3.63) is 35.4 Å². The molecule has 0 radical (unpaired) electrons. The number of ether oxygens (including phenoxy) is 1.